The minimum Gasteiger partial charge on any atom is -0.305 e. The molecule has 0 aliphatic heterocycles. The molecule has 2 aromatic rings. The van der Waals surface area contributed by atoms with E-state index >= 15 is 0 Å². The van der Waals surface area contributed by atoms with Gasteiger partial charge in [0.15, 0.2) is 0 Å². The first-order valence-electron chi connectivity index (χ1n) is 6.12. The van der Waals surface area contributed by atoms with E-state index in [1.165, 1.54) is 12.1 Å². The minimum absolute atomic E-state index is 0.202. The number of alkyl halides is 3. The van der Waals surface area contributed by atoms with Crippen molar-refractivity contribution in [1.82, 2.24) is 20.3 Å². The summed E-state index contributed by atoms with van der Waals surface area (Å²) in [6, 6.07) is 5.13. The van der Waals surface area contributed by atoms with Crippen LogP contribution in [0, 0.1) is 0 Å². The van der Waals surface area contributed by atoms with E-state index in [0.717, 1.165) is 11.8 Å². The number of aromatic nitrogens is 3. The SMILES string of the molecule is C[C@@H](NCc1cnnn1C)c1cccc(C(F)(F)F)c1. The van der Waals surface area contributed by atoms with Gasteiger partial charge in [-0.3, -0.25) is 4.68 Å². The molecule has 0 aliphatic carbocycles. The predicted molar refractivity (Wildman–Crippen MR) is 67.7 cm³/mol. The van der Waals surface area contributed by atoms with Gasteiger partial charge in [0.05, 0.1) is 17.5 Å². The first-order valence-corrected chi connectivity index (χ1v) is 6.12. The van der Waals surface area contributed by atoms with Crippen LogP contribution in [0.25, 0.3) is 0 Å². The lowest BCUT2D eigenvalue weighted by atomic mass is 10.0. The molecule has 2 rings (SSSR count). The van der Waals surface area contributed by atoms with Gasteiger partial charge in [-0.25, -0.2) is 0 Å². The van der Waals surface area contributed by atoms with Crippen molar-refractivity contribution >= 4 is 0 Å². The molecule has 1 aromatic heterocycles. The third-order valence-electron chi connectivity index (χ3n) is 3.11. The predicted octanol–water partition coefficient (Wildman–Crippen LogP) is 2.68. The Balaban J connectivity index is 2.06. The summed E-state index contributed by atoms with van der Waals surface area (Å²) in [5, 5.41) is 10.7. The summed E-state index contributed by atoms with van der Waals surface area (Å²) in [7, 11) is 1.76. The maximum atomic E-state index is 12.7. The molecule has 7 heteroatoms. The number of aryl methyl sites for hydroxylation is 1. The zero-order chi connectivity index (χ0) is 14.8. The standard InChI is InChI=1S/C13H15F3N4/c1-9(17-7-12-8-18-19-20(12)2)10-4-3-5-11(6-10)13(14,15)16/h3-6,8-9,17H,7H2,1-2H3/t9-/m1/s1. The molecule has 0 saturated carbocycles. The minimum atomic E-state index is -4.32. The van der Waals surface area contributed by atoms with Gasteiger partial charge in [-0.2, -0.15) is 13.2 Å². The van der Waals surface area contributed by atoms with Crippen molar-refractivity contribution in [1.29, 1.82) is 0 Å². The summed E-state index contributed by atoms with van der Waals surface area (Å²) >= 11 is 0. The number of benzene rings is 1. The zero-order valence-electron chi connectivity index (χ0n) is 11.1. The molecule has 1 aromatic carbocycles. The Morgan fingerprint density at radius 2 is 2.10 bits per heavy atom. The lowest BCUT2D eigenvalue weighted by Gasteiger charge is -2.16. The van der Waals surface area contributed by atoms with Crippen LogP contribution in [0.2, 0.25) is 0 Å². The monoisotopic (exact) mass is 284 g/mol. The Morgan fingerprint density at radius 1 is 1.35 bits per heavy atom. The van der Waals surface area contributed by atoms with Crippen LogP contribution < -0.4 is 5.32 Å². The van der Waals surface area contributed by atoms with Gasteiger partial charge in [0, 0.05) is 19.6 Å². The third-order valence-corrected chi connectivity index (χ3v) is 3.11. The molecule has 0 aliphatic rings. The second kappa shape index (κ2) is 5.62. The highest BCUT2D eigenvalue weighted by atomic mass is 19.4. The highest BCUT2D eigenvalue weighted by Gasteiger charge is 2.30. The maximum Gasteiger partial charge on any atom is 0.416 e. The van der Waals surface area contributed by atoms with Crippen LogP contribution in [0.5, 0.6) is 0 Å². The fourth-order valence-electron chi connectivity index (χ4n) is 1.83. The van der Waals surface area contributed by atoms with E-state index in [-0.39, 0.29) is 6.04 Å². The molecule has 0 bridgehead atoms. The molecule has 20 heavy (non-hydrogen) atoms. The molecule has 0 fully saturated rings. The molecular formula is C13H15F3N4. The summed E-state index contributed by atoms with van der Waals surface area (Å²) in [5.74, 6) is 0. The number of rotatable bonds is 4. The molecule has 0 amide bonds. The summed E-state index contributed by atoms with van der Waals surface area (Å²) in [5.41, 5.74) is 0.824. The van der Waals surface area contributed by atoms with E-state index in [0.29, 0.717) is 12.1 Å². The Labute approximate surface area is 114 Å². The average Bonchev–Trinajstić information content (AvgIpc) is 2.81. The molecule has 4 nitrogen and oxygen atoms in total. The number of nitrogens with zero attached hydrogens (tertiary/aromatic N) is 3. The van der Waals surface area contributed by atoms with Crippen LogP contribution in [0.3, 0.4) is 0 Å². The van der Waals surface area contributed by atoms with E-state index in [2.05, 4.69) is 15.6 Å². The topological polar surface area (TPSA) is 42.7 Å². The van der Waals surface area contributed by atoms with Crippen molar-refractivity contribution in [2.75, 3.05) is 0 Å². The maximum absolute atomic E-state index is 12.7. The number of hydrogen-bond acceptors (Lipinski definition) is 3. The van der Waals surface area contributed by atoms with Gasteiger partial charge in [-0.05, 0) is 24.6 Å². The fraction of sp³-hybridized carbons (Fsp3) is 0.385. The van der Waals surface area contributed by atoms with Crippen LogP contribution in [0.4, 0.5) is 13.2 Å². The molecule has 1 heterocycles. The largest absolute Gasteiger partial charge is 0.416 e. The number of halogens is 3. The Kier molecular flexibility index (Phi) is 4.08. The third kappa shape index (κ3) is 3.36. The fourth-order valence-corrected chi connectivity index (χ4v) is 1.83. The Morgan fingerprint density at radius 3 is 2.70 bits per heavy atom. The molecule has 1 atom stereocenters. The molecule has 0 unspecified atom stereocenters. The molecule has 0 spiro atoms. The second-order valence-electron chi connectivity index (χ2n) is 4.57. The smallest absolute Gasteiger partial charge is 0.305 e. The van der Waals surface area contributed by atoms with Crippen molar-refractivity contribution in [3.8, 4) is 0 Å². The molecule has 0 saturated heterocycles. The van der Waals surface area contributed by atoms with Gasteiger partial charge >= 0.3 is 6.18 Å². The average molecular weight is 284 g/mol. The van der Waals surface area contributed by atoms with Crippen LogP contribution >= 0.6 is 0 Å². The van der Waals surface area contributed by atoms with Crippen molar-refractivity contribution in [2.45, 2.75) is 25.7 Å². The van der Waals surface area contributed by atoms with Crippen LogP contribution in [-0.4, -0.2) is 15.0 Å². The van der Waals surface area contributed by atoms with Crippen LogP contribution in [0.1, 0.15) is 29.8 Å². The lowest BCUT2D eigenvalue weighted by molar-refractivity contribution is -0.137. The first kappa shape index (κ1) is 14.5. The van der Waals surface area contributed by atoms with E-state index < -0.39 is 11.7 Å². The van der Waals surface area contributed by atoms with Gasteiger partial charge in [0.1, 0.15) is 0 Å². The van der Waals surface area contributed by atoms with Crippen molar-refractivity contribution in [2.24, 2.45) is 7.05 Å². The van der Waals surface area contributed by atoms with E-state index in [9.17, 15) is 13.2 Å². The van der Waals surface area contributed by atoms with Gasteiger partial charge in [-0.15, -0.1) is 5.10 Å². The van der Waals surface area contributed by atoms with E-state index in [1.54, 1.807) is 24.0 Å². The Hall–Kier alpha value is -1.89. The van der Waals surface area contributed by atoms with Crippen molar-refractivity contribution in [3.63, 3.8) is 0 Å². The van der Waals surface area contributed by atoms with Crippen LogP contribution in [-0.2, 0) is 19.8 Å². The summed E-state index contributed by atoms with van der Waals surface area (Å²) in [4.78, 5) is 0. The van der Waals surface area contributed by atoms with Gasteiger partial charge in [0.2, 0.25) is 0 Å². The quantitative estimate of drug-likeness (QED) is 0.938. The van der Waals surface area contributed by atoms with Crippen molar-refractivity contribution < 1.29 is 13.2 Å². The number of hydrogen-bond donors (Lipinski definition) is 1. The summed E-state index contributed by atoms with van der Waals surface area (Å²) in [6.07, 6.45) is -2.70. The highest BCUT2D eigenvalue weighted by molar-refractivity contribution is 5.27. The Bertz CT molecular complexity index is 577. The number of nitrogens with one attached hydrogen (secondary N) is 1. The molecule has 0 radical (unpaired) electrons. The normalized spacial score (nSPS) is 13.4. The molecule has 108 valence electrons. The molecule has 1 N–H and O–H groups in total. The summed E-state index contributed by atoms with van der Waals surface area (Å²) < 4.78 is 39.6. The highest BCUT2D eigenvalue weighted by Crippen LogP contribution is 2.30. The summed E-state index contributed by atoms with van der Waals surface area (Å²) in [6.45, 7) is 2.31. The first-order chi connectivity index (χ1) is 9.38. The van der Waals surface area contributed by atoms with Gasteiger partial charge in [-0.1, -0.05) is 17.3 Å². The van der Waals surface area contributed by atoms with Gasteiger partial charge in [0.25, 0.3) is 0 Å². The van der Waals surface area contributed by atoms with Gasteiger partial charge < -0.3 is 5.32 Å². The lowest BCUT2D eigenvalue weighted by Crippen LogP contribution is -2.20. The second-order valence-corrected chi connectivity index (χ2v) is 4.57. The van der Waals surface area contributed by atoms with Crippen LogP contribution in [0.15, 0.2) is 30.5 Å². The van der Waals surface area contributed by atoms with Crippen molar-refractivity contribution in [3.05, 3.63) is 47.3 Å². The van der Waals surface area contributed by atoms with E-state index in [4.69, 9.17) is 0 Å². The zero-order valence-corrected chi connectivity index (χ0v) is 11.1. The molecular weight excluding hydrogens is 269 g/mol. The van der Waals surface area contributed by atoms with E-state index in [1.807, 2.05) is 6.92 Å².